The van der Waals surface area contributed by atoms with E-state index in [1.54, 1.807) is 29.2 Å². The molecule has 2 amide bonds. The van der Waals surface area contributed by atoms with Crippen LogP contribution in [0.5, 0.6) is 5.75 Å². The molecule has 3 aromatic rings. The highest BCUT2D eigenvalue weighted by molar-refractivity contribution is 5.91. The van der Waals surface area contributed by atoms with E-state index in [4.69, 9.17) is 4.74 Å². The van der Waals surface area contributed by atoms with Crippen molar-refractivity contribution in [1.82, 2.24) is 19.5 Å². The first-order valence-electron chi connectivity index (χ1n) is 9.47. The lowest BCUT2D eigenvalue weighted by Gasteiger charge is -2.32. The Bertz CT molecular complexity index is 1070. The molecule has 2 aromatic heterocycles. The highest BCUT2D eigenvalue weighted by Gasteiger charge is 2.33. The standard InChI is InChI=1S/C20H20F3N5O2/c1-30-16-7-3-2-6-15(16)24-19(29)27-10-4-5-13(11-27)18-26-25-17-9-8-14(12-28(17)18)20(21,22)23/h2-3,6-9,12-13H,4-5,10-11H2,1H3,(H,24,29)/t13-/m1/s1. The van der Waals surface area contributed by atoms with Crippen LogP contribution in [0.2, 0.25) is 0 Å². The maximum Gasteiger partial charge on any atom is 0.417 e. The van der Waals surface area contributed by atoms with Crippen molar-refractivity contribution < 1.29 is 22.7 Å². The van der Waals surface area contributed by atoms with Crippen molar-refractivity contribution in [1.29, 1.82) is 0 Å². The van der Waals surface area contributed by atoms with Crippen LogP contribution in [-0.2, 0) is 6.18 Å². The van der Waals surface area contributed by atoms with Gasteiger partial charge in [0.25, 0.3) is 0 Å². The molecule has 1 aliphatic heterocycles. The number of amides is 2. The van der Waals surface area contributed by atoms with Gasteiger partial charge in [-0.2, -0.15) is 13.2 Å². The lowest BCUT2D eigenvalue weighted by atomic mass is 9.97. The highest BCUT2D eigenvalue weighted by Crippen LogP contribution is 2.32. The van der Waals surface area contributed by atoms with Crippen LogP contribution in [0.15, 0.2) is 42.6 Å². The summed E-state index contributed by atoms with van der Waals surface area (Å²) in [5, 5.41) is 10.9. The lowest BCUT2D eigenvalue weighted by molar-refractivity contribution is -0.137. The first kappa shape index (κ1) is 20.0. The second-order valence-corrected chi connectivity index (χ2v) is 7.12. The van der Waals surface area contributed by atoms with E-state index < -0.39 is 11.7 Å². The predicted molar refractivity (Wildman–Crippen MR) is 104 cm³/mol. The number of alkyl halides is 3. The number of benzene rings is 1. The van der Waals surface area contributed by atoms with Gasteiger partial charge in [0.05, 0.1) is 18.4 Å². The van der Waals surface area contributed by atoms with Crippen LogP contribution in [0.4, 0.5) is 23.7 Å². The number of para-hydroxylation sites is 2. The number of piperidine rings is 1. The lowest BCUT2D eigenvalue weighted by Crippen LogP contribution is -2.42. The molecule has 10 heteroatoms. The van der Waals surface area contributed by atoms with Crippen molar-refractivity contribution in [3.05, 3.63) is 54.0 Å². The quantitative estimate of drug-likeness (QED) is 0.692. The third-order valence-electron chi connectivity index (χ3n) is 5.18. The second-order valence-electron chi connectivity index (χ2n) is 7.12. The van der Waals surface area contributed by atoms with Gasteiger partial charge < -0.3 is 15.0 Å². The third kappa shape index (κ3) is 3.89. The number of methoxy groups -OCH3 is 1. The van der Waals surface area contributed by atoms with Gasteiger partial charge in [0.15, 0.2) is 5.65 Å². The average molecular weight is 419 g/mol. The number of halogens is 3. The molecular formula is C20H20F3N5O2. The molecule has 1 aliphatic rings. The molecule has 1 N–H and O–H groups in total. The Hall–Kier alpha value is -3.30. The molecule has 1 fully saturated rings. The van der Waals surface area contributed by atoms with Crippen LogP contribution in [0.3, 0.4) is 0 Å². The summed E-state index contributed by atoms with van der Waals surface area (Å²) >= 11 is 0. The summed E-state index contributed by atoms with van der Waals surface area (Å²) in [6.45, 7) is 0.875. The van der Waals surface area contributed by atoms with Gasteiger partial charge >= 0.3 is 12.2 Å². The number of urea groups is 1. The number of likely N-dealkylation sites (tertiary alicyclic amines) is 1. The Kier molecular flexibility index (Phi) is 5.23. The zero-order chi connectivity index (χ0) is 21.3. The molecule has 0 aliphatic carbocycles. The van der Waals surface area contributed by atoms with Gasteiger partial charge in [-0.3, -0.25) is 4.40 Å². The number of carbonyl (C=O) groups is 1. The first-order valence-corrected chi connectivity index (χ1v) is 9.47. The van der Waals surface area contributed by atoms with Gasteiger partial charge in [-0.05, 0) is 37.1 Å². The first-order chi connectivity index (χ1) is 14.4. The van der Waals surface area contributed by atoms with E-state index in [1.165, 1.54) is 17.6 Å². The zero-order valence-corrected chi connectivity index (χ0v) is 16.2. The van der Waals surface area contributed by atoms with Crippen molar-refractivity contribution in [2.24, 2.45) is 0 Å². The number of pyridine rings is 1. The number of fused-ring (bicyclic) bond motifs is 1. The minimum Gasteiger partial charge on any atom is -0.495 e. The Morgan fingerprint density at radius 3 is 2.77 bits per heavy atom. The van der Waals surface area contributed by atoms with Crippen LogP contribution < -0.4 is 10.1 Å². The van der Waals surface area contributed by atoms with E-state index in [-0.39, 0.29) is 11.9 Å². The van der Waals surface area contributed by atoms with E-state index >= 15 is 0 Å². The fraction of sp³-hybridized carbons (Fsp3) is 0.350. The van der Waals surface area contributed by atoms with Crippen LogP contribution >= 0.6 is 0 Å². The van der Waals surface area contributed by atoms with Gasteiger partial charge in [-0.1, -0.05) is 12.1 Å². The Morgan fingerprint density at radius 2 is 2.00 bits per heavy atom. The smallest absolute Gasteiger partial charge is 0.417 e. The molecule has 1 saturated heterocycles. The minimum atomic E-state index is -4.46. The molecular weight excluding hydrogens is 399 g/mol. The SMILES string of the molecule is COc1ccccc1NC(=O)N1CCC[C@@H](c2nnc3ccc(C(F)(F)F)cn23)C1. The number of nitrogens with one attached hydrogen (secondary N) is 1. The van der Waals surface area contributed by atoms with Crippen LogP contribution in [0, 0.1) is 0 Å². The number of aromatic nitrogens is 3. The molecule has 3 heterocycles. The number of anilines is 1. The van der Waals surface area contributed by atoms with Crippen molar-refractivity contribution in [3.8, 4) is 5.75 Å². The van der Waals surface area contributed by atoms with Gasteiger partial charge in [-0.15, -0.1) is 10.2 Å². The van der Waals surface area contributed by atoms with Gasteiger partial charge in [-0.25, -0.2) is 4.79 Å². The summed E-state index contributed by atoms with van der Waals surface area (Å²) in [4.78, 5) is 14.4. The van der Waals surface area contributed by atoms with Gasteiger partial charge in [0.2, 0.25) is 0 Å². The summed E-state index contributed by atoms with van der Waals surface area (Å²) in [5.41, 5.74) is 0.126. The molecule has 0 unspecified atom stereocenters. The normalized spacial score (nSPS) is 17.2. The second kappa shape index (κ2) is 7.85. The number of ether oxygens (including phenoxy) is 1. The van der Waals surface area contributed by atoms with E-state index in [0.29, 0.717) is 48.8 Å². The highest BCUT2D eigenvalue weighted by atomic mass is 19.4. The third-order valence-corrected chi connectivity index (χ3v) is 5.18. The Labute approximate surface area is 170 Å². The van der Waals surface area contributed by atoms with E-state index in [9.17, 15) is 18.0 Å². The summed E-state index contributed by atoms with van der Waals surface area (Å²) in [7, 11) is 1.52. The number of hydrogen-bond acceptors (Lipinski definition) is 4. The molecule has 1 atom stereocenters. The van der Waals surface area contributed by atoms with E-state index in [2.05, 4.69) is 15.5 Å². The fourth-order valence-electron chi connectivity index (χ4n) is 3.67. The maximum absolute atomic E-state index is 13.1. The molecule has 4 rings (SSSR count). The topological polar surface area (TPSA) is 71.8 Å². The van der Waals surface area contributed by atoms with Crippen LogP contribution in [0.25, 0.3) is 5.65 Å². The summed E-state index contributed by atoms with van der Waals surface area (Å²) in [5.74, 6) is 0.745. The molecule has 158 valence electrons. The monoisotopic (exact) mass is 419 g/mol. The summed E-state index contributed by atoms with van der Waals surface area (Å²) < 4.78 is 45.9. The molecule has 0 radical (unpaired) electrons. The zero-order valence-electron chi connectivity index (χ0n) is 16.2. The van der Waals surface area contributed by atoms with Gasteiger partial charge in [0, 0.05) is 25.2 Å². The Balaban J connectivity index is 1.55. The predicted octanol–water partition coefficient (Wildman–Crippen LogP) is 4.17. The molecule has 0 spiro atoms. The largest absolute Gasteiger partial charge is 0.495 e. The number of rotatable bonds is 3. The number of nitrogens with zero attached hydrogens (tertiary/aromatic N) is 4. The van der Waals surface area contributed by atoms with E-state index in [0.717, 1.165) is 12.3 Å². The Morgan fingerprint density at radius 1 is 1.20 bits per heavy atom. The van der Waals surface area contributed by atoms with Crippen molar-refractivity contribution in [3.63, 3.8) is 0 Å². The average Bonchev–Trinajstić information content (AvgIpc) is 3.17. The molecule has 7 nitrogen and oxygen atoms in total. The molecule has 30 heavy (non-hydrogen) atoms. The summed E-state index contributed by atoms with van der Waals surface area (Å²) in [6.07, 6.45) is -2.03. The van der Waals surface area contributed by atoms with Crippen molar-refractivity contribution in [2.45, 2.75) is 24.9 Å². The number of carbonyl (C=O) groups excluding carboxylic acids is 1. The number of hydrogen-bond donors (Lipinski definition) is 1. The van der Waals surface area contributed by atoms with Gasteiger partial charge in [0.1, 0.15) is 11.6 Å². The molecule has 0 saturated carbocycles. The van der Waals surface area contributed by atoms with Crippen LogP contribution in [-0.4, -0.2) is 45.7 Å². The fourth-order valence-corrected chi connectivity index (χ4v) is 3.67. The van der Waals surface area contributed by atoms with Crippen molar-refractivity contribution in [2.75, 3.05) is 25.5 Å². The van der Waals surface area contributed by atoms with Crippen LogP contribution in [0.1, 0.15) is 30.1 Å². The van der Waals surface area contributed by atoms with E-state index in [1.807, 2.05) is 0 Å². The minimum absolute atomic E-state index is 0.222. The maximum atomic E-state index is 13.1. The molecule has 1 aromatic carbocycles. The van der Waals surface area contributed by atoms with Crippen molar-refractivity contribution >= 4 is 17.4 Å². The molecule has 0 bridgehead atoms. The summed E-state index contributed by atoms with van der Waals surface area (Å²) in [6, 6.07) is 9.07.